The van der Waals surface area contributed by atoms with E-state index >= 15 is 0 Å². The van der Waals surface area contributed by atoms with E-state index in [4.69, 9.17) is 11.5 Å². The van der Waals surface area contributed by atoms with Gasteiger partial charge in [-0.05, 0) is 100 Å². The van der Waals surface area contributed by atoms with Crippen LogP contribution >= 0.6 is 0 Å². The normalized spacial score (nSPS) is 11.4. The molecule has 428 valence electrons. The summed E-state index contributed by atoms with van der Waals surface area (Å²) in [4.78, 5) is 71.0. The highest BCUT2D eigenvalue weighted by atomic mass is 16.4. The van der Waals surface area contributed by atoms with E-state index in [1.165, 1.54) is 0 Å². The van der Waals surface area contributed by atoms with Crippen LogP contribution < -0.4 is 22.1 Å². The lowest BCUT2D eigenvalue weighted by molar-refractivity contribution is 0.0676. The number of nitrogens with two attached hydrogens (primary N) is 2. The summed E-state index contributed by atoms with van der Waals surface area (Å²) in [6.45, 7) is 3.25. The number of unbranched alkanes of at least 4 members (excludes halogenated alkanes) is 2. The maximum atomic E-state index is 11.7. The minimum atomic E-state index is -1.37. The predicted molar refractivity (Wildman–Crippen MR) is 300 cm³/mol. The zero-order valence-electron chi connectivity index (χ0n) is 44.4. The molecular weight excluding hydrogens is 1100 g/mol. The fraction of sp³-hybridized carbons (Fsp3) is 0.132. The van der Waals surface area contributed by atoms with Crippen LogP contribution in [0.25, 0.3) is 23.3 Å². The lowest BCUT2D eigenvalue weighted by Gasteiger charge is -2.09. The van der Waals surface area contributed by atoms with Gasteiger partial charge >= 0.3 is 35.9 Å². The van der Waals surface area contributed by atoms with Gasteiger partial charge < -0.3 is 52.7 Å². The molecule has 0 saturated heterocycles. The molecule has 6 heterocycles. The minimum absolute atomic E-state index is 0.00269. The molecule has 0 amide bonds. The quantitative estimate of drug-likeness (QED) is 0.0226. The summed E-state index contributed by atoms with van der Waals surface area (Å²) in [6.07, 6.45) is 6.63. The van der Waals surface area contributed by atoms with E-state index in [0.29, 0.717) is 60.1 Å². The number of hydrogen-bond donors (Lipinski definition) is 10. The van der Waals surface area contributed by atoms with Crippen molar-refractivity contribution in [1.82, 2.24) is 69.0 Å². The number of nitrogens with one attached hydrogen (secondary N) is 2. The number of para-hydroxylation sites is 2. The molecule has 32 nitrogen and oxygen atoms in total. The van der Waals surface area contributed by atoms with Crippen molar-refractivity contribution in [2.24, 2.45) is 20.5 Å². The van der Waals surface area contributed by atoms with Crippen LogP contribution in [-0.2, 0) is 12.8 Å². The first-order valence-corrected chi connectivity index (χ1v) is 25.3. The molecular formula is C53H46N22O10. The molecule has 10 rings (SSSR count). The SMILES string of the molecule is Cc1nn(-c2nc(O)nc(Nc3cc(C(=O)O)cc(C(=O)O)c3)n2)c(N)c1N=Nc1c(CCCCCc2cnn(-c3ccccc3)c2N=Nc2c(C)nn(-c3nc(O)nc(Nc4cc(C(=O)O)cc(C(=O)O)c4)n3)c2N)cnn1-c1ccccc1. The highest BCUT2D eigenvalue weighted by Gasteiger charge is 2.23. The summed E-state index contributed by atoms with van der Waals surface area (Å²) in [5.74, 6) is -5.88. The molecule has 85 heavy (non-hydrogen) atoms. The number of carboxylic acids is 4. The molecule has 0 saturated carbocycles. The molecule has 6 aromatic heterocycles. The molecule has 0 bridgehead atoms. The highest BCUT2D eigenvalue weighted by molar-refractivity contribution is 5.96. The van der Waals surface area contributed by atoms with E-state index in [1.54, 1.807) is 35.6 Å². The standard InChI is InChI=1S/C53H46N22O10/c1-26-38(40(54)74(70-26)50-60-48(62-52(84)64-50)58-34-20-30(44(76)77)18-31(21-34)45(78)79)66-68-42-28(24-56-72(42)36-14-8-4-9-15-36)12-6-3-7-13-29-25-57-73(37-16-10-5-11-17-37)43(29)69-67-39-27(2)71-75(41(39)55)51-61-49(63-53(85)65-51)59-35-22-32(46(80)81)19-33(23-35)47(82)83/h4-5,8-11,14-25H,3,6-7,12-13,54-55H2,1-2H3,(H,76,77)(H,78,79)(H,80,81)(H,82,83)(H2,58,60,62,64,84)(H2,59,61,63,65,85). The Kier molecular flexibility index (Phi) is 15.6. The Morgan fingerprint density at radius 1 is 0.482 bits per heavy atom. The molecule has 0 radical (unpaired) electrons. The van der Waals surface area contributed by atoms with E-state index in [2.05, 4.69) is 81.4 Å². The Labute approximate surface area is 477 Å². The van der Waals surface area contributed by atoms with E-state index < -0.39 is 35.9 Å². The van der Waals surface area contributed by atoms with Crippen LogP contribution in [0.5, 0.6) is 12.0 Å². The van der Waals surface area contributed by atoms with Crippen molar-refractivity contribution in [2.75, 3.05) is 22.1 Å². The summed E-state index contributed by atoms with van der Waals surface area (Å²) in [5.41, 5.74) is 15.7. The third-order valence-electron chi connectivity index (χ3n) is 12.6. The van der Waals surface area contributed by atoms with Crippen LogP contribution in [0.4, 0.5) is 57.9 Å². The van der Waals surface area contributed by atoms with E-state index in [0.717, 1.165) is 63.3 Å². The number of rotatable bonds is 22. The van der Waals surface area contributed by atoms with Crippen molar-refractivity contribution < 1.29 is 49.8 Å². The summed E-state index contributed by atoms with van der Waals surface area (Å²) < 4.78 is 5.49. The molecule has 12 N–H and O–H groups in total. The van der Waals surface area contributed by atoms with Gasteiger partial charge in [0.2, 0.25) is 11.9 Å². The fourth-order valence-electron chi connectivity index (χ4n) is 8.62. The number of hydrogen-bond acceptors (Lipinski definition) is 24. The minimum Gasteiger partial charge on any atom is -0.479 e. The summed E-state index contributed by atoms with van der Waals surface area (Å²) in [7, 11) is 0. The van der Waals surface area contributed by atoms with Crippen molar-refractivity contribution >= 4 is 81.8 Å². The Hall–Kier alpha value is -12.4. The Morgan fingerprint density at radius 2 is 0.847 bits per heavy atom. The first-order valence-electron chi connectivity index (χ1n) is 25.3. The second-order valence-electron chi connectivity index (χ2n) is 18.5. The number of aromatic carboxylic acids is 4. The van der Waals surface area contributed by atoms with E-state index in [1.807, 2.05) is 60.7 Å². The second-order valence-corrected chi connectivity index (χ2v) is 18.5. The molecule has 0 atom stereocenters. The van der Waals surface area contributed by atoms with Gasteiger partial charge in [0, 0.05) is 22.5 Å². The number of aromatic nitrogens is 14. The average molecular weight is 1150 g/mol. The molecule has 0 spiro atoms. The fourth-order valence-corrected chi connectivity index (χ4v) is 8.62. The Bertz CT molecular complexity index is 3950. The first-order chi connectivity index (χ1) is 40.9. The molecule has 0 aliphatic heterocycles. The van der Waals surface area contributed by atoms with Gasteiger partial charge in [-0.2, -0.15) is 59.7 Å². The average Bonchev–Trinajstić information content (AvgIpc) is 4.45. The number of carboxylic acid groups (broad SMARTS) is 4. The van der Waals surface area contributed by atoms with Crippen molar-refractivity contribution in [1.29, 1.82) is 0 Å². The Balaban J connectivity index is 0.857. The molecule has 0 unspecified atom stereocenters. The van der Waals surface area contributed by atoms with Crippen LogP contribution in [0, 0.1) is 13.8 Å². The topological polar surface area (TPSA) is 464 Å². The number of aryl methyl sites for hydroxylation is 4. The largest absolute Gasteiger partial charge is 0.479 e. The van der Waals surface area contributed by atoms with Gasteiger partial charge in [-0.15, -0.1) is 20.5 Å². The number of nitrogen functional groups attached to an aromatic ring is 2. The number of anilines is 6. The van der Waals surface area contributed by atoms with Crippen molar-refractivity contribution in [3.05, 3.63) is 154 Å². The second kappa shape index (κ2) is 23.8. The van der Waals surface area contributed by atoms with Gasteiger partial charge in [0.15, 0.2) is 34.6 Å². The summed E-state index contributed by atoms with van der Waals surface area (Å²) in [5, 5.41) is 101. The highest BCUT2D eigenvalue weighted by Crippen LogP contribution is 2.35. The van der Waals surface area contributed by atoms with Gasteiger partial charge in [-0.1, -0.05) is 42.8 Å². The third kappa shape index (κ3) is 12.4. The number of benzene rings is 4. The number of carbonyl (C=O) groups is 4. The molecule has 0 aliphatic carbocycles. The molecule has 4 aromatic carbocycles. The first kappa shape index (κ1) is 55.9. The van der Waals surface area contributed by atoms with Crippen LogP contribution in [0.2, 0.25) is 0 Å². The zero-order valence-corrected chi connectivity index (χ0v) is 44.4. The van der Waals surface area contributed by atoms with E-state index in [-0.39, 0.29) is 80.4 Å². The maximum Gasteiger partial charge on any atom is 0.335 e. The lowest BCUT2D eigenvalue weighted by Crippen LogP contribution is -2.10. The van der Waals surface area contributed by atoms with Crippen LogP contribution in [-0.4, -0.2) is 124 Å². The summed E-state index contributed by atoms with van der Waals surface area (Å²) >= 11 is 0. The zero-order chi connectivity index (χ0) is 60.1. The predicted octanol–water partition coefficient (Wildman–Crippen LogP) is 8.06. The van der Waals surface area contributed by atoms with Crippen LogP contribution in [0.3, 0.4) is 0 Å². The monoisotopic (exact) mass is 1150 g/mol. The van der Waals surface area contributed by atoms with Gasteiger partial charge in [-0.25, -0.2) is 28.5 Å². The van der Waals surface area contributed by atoms with Crippen LogP contribution in [0.1, 0.15) is 83.2 Å². The van der Waals surface area contributed by atoms with Gasteiger partial charge in [0.1, 0.15) is 0 Å². The third-order valence-corrected chi connectivity index (χ3v) is 12.6. The molecule has 0 fully saturated rings. The van der Waals surface area contributed by atoms with Gasteiger partial charge in [-0.3, -0.25) is 0 Å². The van der Waals surface area contributed by atoms with Crippen LogP contribution in [0.15, 0.2) is 130 Å². The van der Waals surface area contributed by atoms with Gasteiger partial charge in [0.25, 0.3) is 11.9 Å². The molecule has 10 aromatic rings. The molecule has 0 aliphatic rings. The van der Waals surface area contributed by atoms with Crippen molar-refractivity contribution in [3.8, 4) is 35.3 Å². The number of nitrogens with zero attached hydrogens (tertiary/aromatic N) is 18. The van der Waals surface area contributed by atoms with E-state index in [9.17, 15) is 49.8 Å². The number of azo groups is 2. The lowest BCUT2D eigenvalue weighted by atomic mass is 10.1. The maximum absolute atomic E-state index is 11.7. The van der Waals surface area contributed by atoms with Crippen molar-refractivity contribution in [3.63, 3.8) is 0 Å². The Morgan fingerprint density at radius 3 is 1.20 bits per heavy atom. The number of aromatic hydroxyl groups is 2. The van der Waals surface area contributed by atoms with Gasteiger partial charge in [0.05, 0.1) is 57.4 Å². The van der Waals surface area contributed by atoms with Crippen molar-refractivity contribution in [2.45, 2.75) is 46.0 Å². The smallest absolute Gasteiger partial charge is 0.335 e. The summed E-state index contributed by atoms with van der Waals surface area (Å²) in [6, 6.07) is 23.7. The molecule has 32 heteroatoms.